The topological polar surface area (TPSA) is 52.6 Å². The van der Waals surface area contributed by atoms with Crippen LogP contribution < -0.4 is 4.74 Å². The van der Waals surface area contributed by atoms with E-state index in [1.165, 1.54) is 51.4 Å². The van der Waals surface area contributed by atoms with Gasteiger partial charge in [0.1, 0.15) is 0 Å². The van der Waals surface area contributed by atoms with Crippen LogP contribution in [0.2, 0.25) is 0 Å². The molecule has 0 heterocycles. The van der Waals surface area contributed by atoms with Crippen LogP contribution in [0.5, 0.6) is 5.75 Å². The minimum absolute atomic E-state index is 0.303. The fraction of sp³-hybridized carbons (Fsp3) is 0.419. The van der Waals surface area contributed by atoms with E-state index in [0.29, 0.717) is 4.90 Å². The van der Waals surface area contributed by atoms with Crippen LogP contribution in [0.1, 0.15) is 76.7 Å². The van der Waals surface area contributed by atoms with Gasteiger partial charge in [0.05, 0.1) is 0 Å². The third-order valence-electron chi connectivity index (χ3n) is 6.37. The van der Waals surface area contributed by atoms with E-state index in [-0.39, 0.29) is 0 Å². The monoisotopic (exact) mass is 636 g/mol. The Morgan fingerprint density at radius 3 is 1.81 bits per heavy atom. The average molecular weight is 637 g/mol. The fourth-order valence-electron chi connectivity index (χ4n) is 4.29. The van der Waals surface area contributed by atoms with E-state index >= 15 is 0 Å². The van der Waals surface area contributed by atoms with Crippen molar-refractivity contribution >= 4 is 30.4 Å². The Hall–Kier alpha value is -1.90. The summed E-state index contributed by atoms with van der Waals surface area (Å²) in [7, 11) is -2.31. The molecule has 0 N–H and O–H groups in total. The number of hydrogen-bond donors (Lipinski definition) is 0. The number of aryl methyl sites for hydroxylation is 1. The van der Waals surface area contributed by atoms with Crippen LogP contribution in [0, 0.1) is 7.14 Å². The molecule has 6 heteroatoms. The quantitative estimate of drug-likeness (QED) is 0.110. The predicted octanol–water partition coefficient (Wildman–Crippen LogP) is 9.02. The molecule has 0 aliphatic rings. The summed E-state index contributed by atoms with van der Waals surface area (Å²) in [5.41, 5.74) is 0.848. The van der Waals surface area contributed by atoms with E-state index in [1.807, 2.05) is 66.7 Å². The number of unbranched alkanes of at least 4 members (excludes halogenated alkanes) is 9. The summed E-state index contributed by atoms with van der Waals surface area (Å²) in [4.78, 5) is 0.303. The van der Waals surface area contributed by atoms with Crippen molar-refractivity contribution in [2.75, 3.05) is 7.11 Å². The van der Waals surface area contributed by atoms with Crippen molar-refractivity contribution in [3.63, 3.8) is 0 Å². The van der Waals surface area contributed by atoms with Gasteiger partial charge in [-0.2, -0.15) is 0 Å². The molecule has 0 atom stereocenters. The molecule has 3 aromatic rings. The van der Waals surface area contributed by atoms with Crippen molar-refractivity contribution in [1.29, 1.82) is 0 Å². The van der Waals surface area contributed by atoms with Gasteiger partial charge in [-0.3, -0.25) is 0 Å². The van der Waals surface area contributed by atoms with Crippen molar-refractivity contribution in [2.24, 2.45) is 0 Å². The molecule has 3 rings (SSSR count). The third-order valence-corrected chi connectivity index (χ3v) is 13.8. The van der Waals surface area contributed by atoms with Gasteiger partial charge in [0.15, 0.2) is 0 Å². The Kier molecular flexibility index (Phi) is 12.9. The van der Waals surface area contributed by atoms with Crippen molar-refractivity contribution in [3.05, 3.63) is 91.6 Å². The summed E-state index contributed by atoms with van der Waals surface area (Å²) in [6.07, 6.45) is 13.3. The molecule has 0 fully saturated rings. The van der Waals surface area contributed by atoms with Crippen LogP contribution in [0.15, 0.2) is 83.8 Å². The Morgan fingerprint density at radius 1 is 0.649 bits per heavy atom. The molecule has 0 spiro atoms. The van der Waals surface area contributed by atoms with E-state index < -0.39 is 30.4 Å². The first-order chi connectivity index (χ1) is 18.0. The molecule has 0 aliphatic heterocycles. The van der Waals surface area contributed by atoms with Crippen LogP contribution in [0.3, 0.4) is 0 Å². The molecule has 0 bridgehead atoms. The molecule has 37 heavy (non-hydrogen) atoms. The third kappa shape index (κ3) is 9.73. The second kappa shape index (κ2) is 16.1. The molecule has 0 radical (unpaired) electrons. The van der Waals surface area contributed by atoms with Crippen LogP contribution in [0.4, 0.5) is 0 Å². The van der Waals surface area contributed by atoms with E-state index in [1.54, 1.807) is 19.2 Å². The molecular formula is C31H41IO4S. The van der Waals surface area contributed by atoms with E-state index in [9.17, 15) is 8.42 Å². The number of methoxy groups -OCH3 is 1. The van der Waals surface area contributed by atoms with Gasteiger partial charge in [-0.05, 0) is 0 Å². The summed E-state index contributed by atoms with van der Waals surface area (Å²) in [5.74, 6) is 0.734. The van der Waals surface area contributed by atoms with E-state index in [0.717, 1.165) is 37.7 Å². The second-order valence-electron chi connectivity index (χ2n) is 9.26. The summed E-state index contributed by atoms with van der Waals surface area (Å²) in [6.45, 7) is 2.25. The summed E-state index contributed by atoms with van der Waals surface area (Å²) in [6, 6.07) is 24.6. The average Bonchev–Trinajstić information content (AvgIpc) is 2.93. The first kappa shape index (κ1) is 29.7. The zero-order valence-corrected chi connectivity index (χ0v) is 25.2. The van der Waals surface area contributed by atoms with Crippen LogP contribution in [0.25, 0.3) is 0 Å². The molecule has 3 aromatic carbocycles. The molecule has 0 saturated carbocycles. The van der Waals surface area contributed by atoms with Gasteiger partial charge in [-0.15, -0.1) is 0 Å². The molecule has 0 amide bonds. The van der Waals surface area contributed by atoms with E-state index in [4.69, 9.17) is 7.25 Å². The van der Waals surface area contributed by atoms with Gasteiger partial charge < -0.3 is 0 Å². The Morgan fingerprint density at radius 2 is 1.19 bits per heavy atom. The van der Waals surface area contributed by atoms with E-state index in [2.05, 4.69) is 6.92 Å². The maximum absolute atomic E-state index is 13.6. The van der Waals surface area contributed by atoms with Crippen molar-refractivity contribution in [3.8, 4) is 5.75 Å². The minimum atomic E-state index is -3.93. The molecule has 0 aromatic heterocycles. The van der Waals surface area contributed by atoms with Crippen molar-refractivity contribution < 1.29 is 15.7 Å². The standard InChI is InChI=1S/C31H41IO4S/c1-3-4-5-6-7-8-9-10-11-13-18-27-19-16-17-22-31(27)37(33,34)36-32(28-20-14-12-15-21-28)29-23-25-30(35-2)26-24-29/h12,14-17,19-26H,3-11,13,18H2,1-2H3. The second-order valence-corrected chi connectivity index (χ2v) is 15.7. The van der Waals surface area contributed by atoms with Gasteiger partial charge in [0, 0.05) is 0 Å². The number of halogens is 1. The van der Waals surface area contributed by atoms with Gasteiger partial charge in [-0.1, -0.05) is 26.2 Å². The predicted molar refractivity (Wildman–Crippen MR) is 161 cm³/mol. The number of benzene rings is 3. The Bertz CT molecular complexity index is 1150. The molecule has 202 valence electrons. The SMILES string of the molecule is CCCCCCCCCCCCc1ccccc1S(=O)(=O)OI(c1ccccc1)c1ccc(OC)cc1. The van der Waals surface area contributed by atoms with Gasteiger partial charge in [-0.25, -0.2) is 0 Å². The summed E-state index contributed by atoms with van der Waals surface area (Å²) >= 11 is -2.72. The fourth-order valence-corrected chi connectivity index (χ4v) is 11.4. The molecule has 0 aliphatic carbocycles. The first-order valence-electron chi connectivity index (χ1n) is 13.5. The van der Waals surface area contributed by atoms with Gasteiger partial charge in [0.2, 0.25) is 0 Å². The number of ether oxygens (including phenoxy) is 1. The number of hydrogen-bond acceptors (Lipinski definition) is 4. The van der Waals surface area contributed by atoms with Crippen molar-refractivity contribution in [2.45, 2.75) is 82.4 Å². The first-order valence-corrected chi connectivity index (χ1v) is 17.9. The van der Waals surface area contributed by atoms with Crippen molar-refractivity contribution in [1.82, 2.24) is 0 Å². The van der Waals surface area contributed by atoms with Crippen LogP contribution in [-0.2, 0) is 19.1 Å². The van der Waals surface area contributed by atoms with Gasteiger partial charge >= 0.3 is 207 Å². The number of rotatable bonds is 17. The zero-order chi connectivity index (χ0) is 26.3. The van der Waals surface area contributed by atoms with Crippen LogP contribution >= 0.6 is 20.2 Å². The maximum atomic E-state index is 13.6. The van der Waals surface area contributed by atoms with Crippen LogP contribution in [-0.4, -0.2) is 15.5 Å². The molecule has 4 nitrogen and oxygen atoms in total. The van der Waals surface area contributed by atoms with Gasteiger partial charge in [0.25, 0.3) is 0 Å². The molecule has 0 unspecified atom stereocenters. The zero-order valence-electron chi connectivity index (χ0n) is 22.2. The normalized spacial score (nSPS) is 11.9. The molecule has 0 saturated heterocycles. The Balaban J connectivity index is 1.64. The Labute approximate surface area is 231 Å². The molecular weight excluding hydrogens is 595 g/mol. The summed E-state index contributed by atoms with van der Waals surface area (Å²) < 4.78 is 40.4. The summed E-state index contributed by atoms with van der Waals surface area (Å²) in [5, 5.41) is 0.